The van der Waals surface area contributed by atoms with Gasteiger partial charge in [0.25, 0.3) is 0 Å². The Bertz CT molecular complexity index is 1890. The highest BCUT2D eigenvalue weighted by Crippen LogP contribution is 2.42. The van der Waals surface area contributed by atoms with E-state index in [0.717, 1.165) is 31.5 Å². The Morgan fingerprint density at radius 3 is 2.57 bits per heavy atom. The third-order valence-corrected chi connectivity index (χ3v) is 9.84. The van der Waals surface area contributed by atoms with E-state index in [2.05, 4.69) is 26.1 Å². The van der Waals surface area contributed by atoms with Gasteiger partial charge in [0.2, 0.25) is 0 Å². The summed E-state index contributed by atoms with van der Waals surface area (Å²) in [6.07, 6.45) is 6.85. The molecule has 0 saturated carbocycles. The number of aromatic nitrogens is 2. The van der Waals surface area contributed by atoms with Crippen LogP contribution in [-0.2, 0) is 0 Å². The van der Waals surface area contributed by atoms with Crippen molar-refractivity contribution in [2.75, 3.05) is 44.2 Å². The number of piperidine rings is 1. The van der Waals surface area contributed by atoms with Crippen LogP contribution in [0.5, 0.6) is 11.8 Å². The number of nitrogens with zero attached hydrogens (tertiary/aromatic N) is 4. The molecule has 0 spiro atoms. The third-order valence-electron chi connectivity index (χ3n) is 9.84. The number of hydrogen-bond acceptors (Lipinski definition) is 7. The Hall–Kier alpha value is -4.14. The summed E-state index contributed by atoms with van der Waals surface area (Å²) in [5.74, 6) is -0.389. The average molecular weight is 634 g/mol. The second kappa shape index (κ2) is 11.6. The minimum absolute atomic E-state index is 0.0416. The van der Waals surface area contributed by atoms with E-state index in [-0.39, 0.29) is 57.9 Å². The van der Waals surface area contributed by atoms with Crippen molar-refractivity contribution in [3.05, 3.63) is 53.3 Å². The van der Waals surface area contributed by atoms with Gasteiger partial charge in [0.15, 0.2) is 5.82 Å². The number of anilines is 1. The lowest BCUT2D eigenvalue weighted by Crippen LogP contribution is -2.51. The molecule has 0 amide bonds. The van der Waals surface area contributed by atoms with Crippen LogP contribution < -0.4 is 15.0 Å². The lowest BCUT2D eigenvalue weighted by Gasteiger charge is -2.42. The molecular weight excluding hydrogens is 598 g/mol. The number of phenolic OH excluding ortho intramolecular Hbond substituents is 1. The highest BCUT2D eigenvalue weighted by molar-refractivity contribution is 6.04. The zero-order valence-corrected chi connectivity index (χ0v) is 25.7. The molecule has 4 aromatic rings. The molecule has 3 saturated heterocycles. The molecule has 4 heterocycles. The standard InChI is InChI=1S/C35H35F4N5O2/c1-4-23-26(36)9-6-19-12-22(45)13-24(29(19)23)30-27(37)14-25-32(31(30)39)41-34(42-33(25)44-15-20-7-8-21(16-44)40-20)46-18-35(3)17-43(5-2)11-10-28(35)38/h1,6,9,12-14,20-21,28,40,45H,5,7-8,10-11,15-18H2,2-3H3/t20-,21+,28-,35+/m1/s1. The third kappa shape index (κ3) is 5.17. The second-order valence-electron chi connectivity index (χ2n) is 13.0. The second-order valence-corrected chi connectivity index (χ2v) is 13.0. The average Bonchev–Trinajstić information content (AvgIpc) is 3.38. The Morgan fingerprint density at radius 2 is 1.85 bits per heavy atom. The summed E-state index contributed by atoms with van der Waals surface area (Å²) in [6, 6.07) is 6.46. The van der Waals surface area contributed by atoms with Gasteiger partial charge < -0.3 is 25.0 Å². The maximum absolute atomic E-state index is 16.8. The Balaban J connectivity index is 1.40. The molecular formula is C35H35F4N5O2. The van der Waals surface area contributed by atoms with Crippen molar-refractivity contribution in [3.8, 4) is 35.2 Å². The number of hydrogen-bond donors (Lipinski definition) is 2. The molecule has 7 rings (SSSR count). The molecule has 46 heavy (non-hydrogen) atoms. The number of terminal acetylenes is 1. The smallest absolute Gasteiger partial charge is 0.319 e. The van der Waals surface area contributed by atoms with Gasteiger partial charge in [-0.2, -0.15) is 9.97 Å². The van der Waals surface area contributed by atoms with Gasteiger partial charge >= 0.3 is 6.01 Å². The first kappa shape index (κ1) is 30.5. The van der Waals surface area contributed by atoms with Gasteiger partial charge in [-0.1, -0.05) is 25.8 Å². The highest BCUT2D eigenvalue weighted by Gasteiger charge is 2.41. The minimum Gasteiger partial charge on any atom is -0.508 e. The number of nitrogens with one attached hydrogen (secondary N) is 1. The van der Waals surface area contributed by atoms with E-state index in [1.807, 2.05) is 18.7 Å². The molecule has 3 fully saturated rings. The molecule has 3 aromatic carbocycles. The first-order valence-electron chi connectivity index (χ1n) is 15.7. The number of benzene rings is 3. The van der Waals surface area contributed by atoms with Crippen LogP contribution >= 0.6 is 0 Å². The molecule has 11 heteroatoms. The maximum atomic E-state index is 16.8. The molecule has 0 aliphatic carbocycles. The summed E-state index contributed by atoms with van der Waals surface area (Å²) in [5.41, 5.74) is -1.87. The molecule has 7 nitrogen and oxygen atoms in total. The van der Waals surface area contributed by atoms with Crippen LogP contribution in [0.1, 0.15) is 38.7 Å². The van der Waals surface area contributed by atoms with Crippen molar-refractivity contribution in [1.29, 1.82) is 0 Å². The van der Waals surface area contributed by atoms with Gasteiger partial charge in [-0.25, -0.2) is 17.6 Å². The molecule has 3 aliphatic heterocycles. The highest BCUT2D eigenvalue weighted by atomic mass is 19.1. The predicted molar refractivity (Wildman–Crippen MR) is 169 cm³/mol. The number of aromatic hydroxyl groups is 1. The maximum Gasteiger partial charge on any atom is 0.319 e. The molecule has 0 radical (unpaired) electrons. The SMILES string of the molecule is C#Cc1c(F)ccc2cc(O)cc(-c3c(F)cc4c(N5C[C@H]6CC[C@@H](C5)N6)nc(OC[C@]5(C)CN(CC)CC[C@H]5F)nc4c3F)c12. The van der Waals surface area contributed by atoms with E-state index in [1.54, 1.807) is 0 Å². The Kier molecular flexibility index (Phi) is 7.68. The van der Waals surface area contributed by atoms with Crippen molar-refractivity contribution in [2.45, 2.75) is 51.4 Å². The normalized spacial score (nSPS) is 24.9. The number of phenols is 1. The van der Waals surface area contributed by atoms with Crippen molar-refractivity contribution in [2.24, 2.45) is 5.41 Å². The van der Waals surface area contributed by atoms with Crippen molar-refractivity contribution < 1.29 is 27.4 Å². The molecule has 3 aliphatic rings. The van der Waals surface area contributed by atoms with Gasteiger partial charge in [0, 0.05) is 60.0 Å². The van der Waals surface area contributed by atoms with Crippen LogP contribution in [0.4, 0.5) is 23.4 Å². The van der Waals surface area contributed by atoms with E-state index >= 15 is 13.2 Å². The monoisotopic (exact) mass is 633 g/mol. The van der Waals surface area contributed by atoms with Gasteiger partial charge in [-0.15, -0.1) is 6.42 Å². The lowest BCUT2D eigenvalue weighted by atomic mass is 9.81. The Morgan fingerprint density at radius 1 is 1.09 bits per heavy atom. The fourth-order valence-corrected chi connectivity index (χ4v) is 7.41. The molecule has 2 bridgehead atoms. The van der Waals surface area contributed by atoms with Crippen LogP contribution in [0.15, 0.2) is 30.3 Å². The van der Waals surface area contributed by atoms with E-state index in [1.165, 1.54) is 18.2 Å². The van der Waals surface area contributed by atoms with Crippen molar-refractivity contribution in [1.82, 2.24) is 20.2 Å². The summed E-state index contributed by atoms with van der Waals surface area (Å²) >= 11 is 0. The zero-order chi connectivity index (χ0) is 32.3. The first-order valence-corrected chi connectivity index (χ1v) is 15.7. The van der Waals surface area contributed by atoms with Crippen molar-refractivity contribution in [3.63, 3.8) is 0 Å². The number of piperazine rings is 1. The number of alkyl halides is 1. The quantitative estimate of drug-likeness (QED) is 0.201. The molecule has 4 atom stereocenters. The summed E-state index contributed by atoms with van der Waals surface area (Å²) in [6.45, 7) is 6.86. The van der Waals surface area contributed by atoms with Gasteiger partial charge in [-0.3, -0.25) is 0 Å². The fraction of sp³-hybridized carbons (Fsp3) is 0.429. The van der Waals surface area contributed by atoms with Gasteiger partial charge in [0.1, 0.15) is 41.5 Å². The Labute approximate surface area is 264 Å². The lowest BCUT2D eigenvalue weighted by molar-refractivity contribution is -0.0154. The van der Waals surface area contributed by atoms with E-state index in [9.17, 15) is 9.50 Å². The number of rotatable bonds is 6. The largest absolute Gasteiger partial charge is 0.508 e. The summed E-state index contributed by atoms with van der Waals surface area (Å²) in [7, 11) is 0. The number of likely N-dealkylation sites (tertiary alicyclic amines) is 1. The van der Waals surface area contributed by atoms with Crippen LogP contribution in [0.2, 0.25) is 0 Å². The topological polar surface area (TPSA) is 73.8 Å². The summed E-state index contributed by atoms with van der Waals surface area (Å²) in [5, 5.41) is 14.6. The zero-order valence-electron chi connectivity index (χ0n) is 25.7. The molecule has 1 aromatic heterocycles. The van der Waals surface area contributed by atoms with Crippen LogP contribution in [0.25, 0.3) is 32.8 Å². The number of ether oxygens (including phenoxy) is 1. The first-order chi connectivity index (χ1) is 22.1. The molecule has 240 valence electrons. The fourth-order valence-electron chi connectivity index (χ4n) is 7.41. The summed E-state index contributed by atoms with van der Waals surface area (Å²) < 4.78 is 69.2. The van der Waals surface area contributed by atoms with E-state index in [4.69, 9.17) is 11.2 Å². The minimum atomic E-state index is -1.11. The van der Waals surface area contributed by atoms with Crippen LogP contribution in [-0.4, -0.2) is 77.6 Å². The summed E-state index contributed by atoms with van der Waals surface area (Å²) in [4.78, 5) is 13.2. The number of fused-ring (bicyclic) bond motifs is 4. The van der Waals surface area contributed by atoms with Gasteiger partial charge in [-0.05, 0) is 55.5 Å². The van der Waals surface area contributed by atoms with Crippen LogP contribution in [0, 0.1) is 35.2 Å². The molecule has 0 unspecified atom stereocenters. The predicted octanol–water partition coefficient (Wildman–Crippen LogP) is 5.94. The van der Waals surface area contributed by atoms with E-state index in [0.29, 0.717) is 43.8 Å². The van der Waals surface area contributed by atoms with Crippen LogP contribution in [0.3, 0.4) is 0 Å². The van der Waals surface area contributed by atoms with E-state index < -0.39 is 34.6 Å². The van der Waals surface area contributed by atoms with Crippen molar-refractivity contribution >= 4 is 27.5 Å². The number of halogens is 4. The molecule has 2 N–H and O–H groups in total. The van der Waals surface area contributed by atoms with Gasteiger partial charge in [0.05, 0.1) is 11.1 Å².